The molecule has 2 rings (SSSR count). The minimum Gasteiger partial charge on any atom is -0.326 e. The highest BCUT2D eigenvalue weighted by Crippen LogP contribution is 2.34. The Morgan fingerprint density at radius 2 is 1.93 bits per heavy atom. The molecule has 0 aliphatic carbocycles. The lowest BCUT2D eigenvalue weighted by Crippen LogP contribution is -1.96. The van der Waals surface area contributed by atoms with Gasteiger partial charge in [-0.05, 0) is 23.3 Å². The van der Waals surface area contributed by atoms with Crippen molar-refractivity contribution < 1.29 is 4.39 Å². The van der Waals surface area contributed by atoms with Gasteiger partial charge < -0.3 is 5.73 Å². The Morgan fingerprint density at radius 3 is 2.53 bits per heavy atom. The Morgan fingerprint density at radius 1 is 1.27 bits per heavy atom. The Bertz CT molecular complexity index is 464. The van der Waals surface area contributed by atoms with Crippen LogP contribution in [0, 0.1) is 5.82 Å². The quantitative estimate of drug-likeness (QED) is 0.853. The van der Waals surface area contributed by atoms with Crippen molar-refractivity contribution >= 4 is 22.9 Å². The molecular formula is C11H9ClFNS. The Labute approximate surface area is 96.3 Å². The van der Waals surface area contributed by atoms with Gasteiger partial charge in [0, 0.05) is 17.5 Å². The van der Waals surface area contributed by atoms with Crippen molar-refractivity contribution in [1.29, 1.82) is 0 Å². The zero-order chi connectivity index (χ0) is 10.8. The van der Waals surface area contributed by atoms with Gasteiger partial charge in [-0.3, -0.25) is 0 Å². The van der Waals surface area contributed by atoms with E-state index in [1.807, 2.05) is 5.38 Å². The summed E-state index contributed by atoms with van der Waals surface area (Å²) in [6.07, 6.45) is 0. The van der Waals surface area contributed by atoms with Gasteiger partial charge >= 0.3 is 0 Å². The van der Waals surface area contributed by atoms with E-state index in [9.17, 15) is 4.39 Å². The lowest BCUT2D eigenvalue weighted by atomic mass is 10.1. The molecule has 1 aromatic heterocycles. The highest BCUT2D eigenvalue weighted by molar-refractivity contribution is 7.15. The van der Waals surface area contributed by atoms with E-state index in [1.54, 1.807) is 12.1 Å². The van der Waals surface area contributed by atoms with Crippen LogP contribution in [-0.2, 0) is 6.54 Å². The van der Waals surface area contributed by atoms with Crippen molar-refractivity contribution in [2.75, 3.05) is 0 Å². The number of halogens is 2. The monoisotopic (exact) mass is 241 g/mol. The third-order valence-corrected chi connectivity index (χ3v) is 3.50. The molecule has 0 aliphatic heterocycles. The Kier molecular flexibility index (Phi) is 3.05. The Balaban J connectivity index is 2.49. The van der Waals surface area contributed by atoms with Crippen LogP contribution in [0.3, 0.4) is 0 Å². The molecule has 15 heavy (non-hydrogen) atoms. The van der Waals surface area contributed by atoms with Gasteiger partial charge in [0.15, 0.2) is 0 Å². The first-order chi connectivity index (χ1) is 7.22. The second kappa shape index (κ2) is 4.31. The molecule has 0 saturated carbocycles. The molecule has 1 aromatic carbocycles. The predicted octanol–water partition coefficient (Wildman–Crippen LogP) is 3.67. The molecule has 0 unspecified atom stereocenters. The van der Waals surface area contributed by atoms with Gasteiger partial charge in [-0.25, -0.2) is 4.39 Å². The molecule has 0 saturated heterocycles. The second-order valence-corrected chi connectivity index (χ2v) is 4.59. The highest BCUT2D eigenvalue weighted by atomic mass is 35.5. The molecule has 1 heterocycles. The Hall–Kier alpha value is -0.900. The van der Waals surface area contributed by atoms with Crippen LogP contribution in [0.2, 0.25) is 4.34 Å². The molecule has 2 N–H and O–H groups in total. The summed E-state index contributed by atoms with van der Waals surface area (Å²) in [4.78, 5) is 0. The fourth-order valence-electron chi connectivity index (χ4n) is 1.42. The maximum Gasteiger partial charge on any atom is 0.123 e. The van der Waals surface area contributed by atoms with Gasteiger partial charge in [-0.1, -0.05) is 23.7 Å². The average Bonchev–Trinajstić information content (AvgIpc) is 2.61. The van der Waals surface area contributed by atoms with E-state index in [-0.39, 0.29) is 5.82 Å². The first-order valence-electron chi connectivity index (χ1n) is 4.44. The standard InChI is InChI=1S/C11H9ClFNS/c12-11-9(5-14)10(6-15-11)7-1-3-8(13)4-2-7/h1-4,6H,5,14H2. The van der Waals surface area contributed by atoms with Gasteiger partial charge in [0.25, 0.3) is 0 Å². The molecule has 1 nitrogen and oxygen atoms in total. The first kappa shape index (κ1) is 10.6. The molecule has 0 amide bonds. The van der Waals surface area contributed by atoms with Crippen molar-refractivity contribution in [1.82, 2.24) is 0 Å². The number of nitrogens with two attached hydrogens (primary N) is 1. The molecule has 0 atom stereocenters. The summed E-state index contributed by atoms with van der Waals surface area (Å²) in [7, 11) is 0. The third-order valence-electron chi connectivity index (χ3n) is 2.20. The van der Waals surface area contributed by atoms with Crippen LogP contribution in [0.1, 0.15) is 5.56 Å². The lowest BCUT2D eigenvalue weighted by molar-refractivity contribution is 0.628. The van der Waals surface area contributed by atoms with Crippen molar-refractivity contribution in [3.8, 4) is 11.1 Å². The second-order valence-electron chi connectivity index (χ2n) is 3.11. The van der Waals surface area contributed by atoms with Gasteiger partial charge in [0.2, 0.25) is 0 Å². The average molecular weight is 242 g/mol. The van der Waals surface area contributed by atoms with E-state index >= 15 is 0 Å². The molecule has 0 aliphatic rings. The van der Waals surface area contributed by atoms with Crippen LogP contribution in [0.25, 0.3) is 11.1 Å². The van der Waals surface area contributed by atoms with E-state index < -0.39 is 0 Å². The summed E-state index contributed by atoms with van der Waals surface area (Å²) in [6.45, 7) is 0.398. The first-order valence-corrected chi connectivity index (χ1v) is 5.70. The predicted molar refractivity (Wildman–Crippen MR) is 62.6 cm³/mol. The summed E-state index contributed by atoms with van der Waals surface area (Å²) in [5.74, 6) is -0.241. The largest absolute Gasteiger partial charge is 0.326 e. The van der Waals surface area contributed by atoms with Crippen molar-refractivity contribution in [3.05, 3.63) is 45.4 Å². The maximum atomic E-state index is 12.7. The number of thiophene rings is 1. The highest BCUT2D eigenvalue weighted by Gasteiger charge is 2.10. The summed E-state index contributed by atoms with van der Waals surface area (Å²) in [5, 5.41) is 1.94. The summed E-state index contributed by atoms with van der Waals surface area (Å²) < 4.78 is 13.4. The maximum absolute atomic E-state index is 12.7. The van der Waals surface area contributed by atoms with Crippen molar-refractivity contribution in [2.45, 2.75) is 6.54 Å². The minimum absolute atomic E-state index is 0.241. The van der Waals surface area contributed by atoms with E-state index in [2.05, 4.69) is 0 Å². The van der Waals surface area contributed by atoms with E-state index in [1.165, 1.54) is 23.5 Å². The molecule has 0 bridgehead atoms. The summed E-state index contributed by atoms with van der Waals surface area (Å²) in [5.41, 5.74) is 8.47. The molecule has 0 spiro atoms. The number of hydrogen-bond donors (Lipinski definition) is 1. The normalized spacial score (nSPS) is 10.6. The van der Waals surface area contributed by atoms with Crippen molar-refractivity contribution in [2.24, 2.45) is 5.73 Å². The molecule has 78 valence electrons. The van der Waals surface area contributed by atoms with E-state index in [0.29, 0.717) is 10.9 Å². The van der Waals surface area contributed by atoms with Crippen LogP contribution >= 0.6 is 22.9 Å². The molecule has 0 radical (unpaired) electrons. The molecule has 2 aromatic rings. The van der Waals surface area contributed by atoms with Crippen LogP contribution in [-0.4, -0.2) is 0 Å². The molecule has 0 fully saturated rings. The minimum atomic E-state index is -0.241. The number of benzene rings is 1. The van der Waals surface area contributed by atoms with Gasteiger partial charge in [0.1, 0.15) is 5.82 Å². The summed E-state index contributed by atoms with van der Waals surface area (Å²) in [6, 6.07) is 6.32. The number of hydrogen-bond acceptors (Lipinski definition) is 2. The van der Waals surface area contributed by atoms with E-state index in [4.69, 9.17) is 17.3 Å². The van der Waals surface area contributed by atoms with Crippen LogP contribution in [0.5, 0.6) is 0 Å². The zero-order valence-electron chi connectivity index (χ0n) is 7.84. The third kappa shape index (κ3) is 2.04. The molecular weight excluding hydrogens is 233 g/mol. The zero-order valence-corrected chi connectivity index (χ0v) is 9.41. The SMILES string of the molecule is NCc1c(-c2ccc(F)cc2)csc1Cl. The summed E-state index contributed by atoms with van der Waals surface area (Å²) >= 11 is 7.44. The van der Waals surface area contributed by atoms with Gasteiger partial charge in [-0.2, -0.15) is 0 Å². The van der Waals surface area contributed by atoms with Crippen LogP contribution in [0.4, 0.5) is 4.39 Å². The smallest absolute Gasteiger partial charge is 0.123 e. The topological polar surface area (TPSA) is 26.0 Å². The molecule has 4 heteroatoms. The van der Waals surface area contributed by atoms with E-state index in [0.717, 1.165) is 16.7 Å². The number of rotatable bonds is 2. The fourth-order valence-corrected chi connectivity index (χ4v) is 2.57. The van der Waals surface area contributed by atoms with Crippen LogP contribution in [0.15, 0.2) is 29.6 Å². The lowest BCUT2D eigenvalue weighted by Gasteiger charge is -2.02. The fraction of sp³-hybridized carbons (Fsp3) is 0.0909. The van der Waals surface area contributed by atoms with Gasteiger partial charge in [-0.15, -0.1) is 11.3 Å². The van der Waals surface area contributed by atoms with Crippen LogP contribution < -0.4 is 5.73 Å². The van der Waals surface area contributed by atoms with Crippen molar-refractivity contribution in [3.63, 3.8) is 0 Å². The van der Waals surface area contributed by atoms with Gasteiger partial charge in [0.05, 0.1) is 4.34 Å².